The summed E-state index contributed by atoms with van der Waals surface area (Å²) in [4.78, 5) is 14.9. The minimum atomic E-state index is -0.337. The second kappa shape index (κ2) is 3.37. The minimum Gasteiger partial charge on any atom is -0.467 e. The van der Waals surface area contributed by atoms with Gasteiger partial charge in [0.25, 0.3) is 0 Å². The zero-order chi connectivity index (χ0) is 9.97. The Morgan fingerprint density at radius 2 is 2.43 bits per heavy atom. The SMILES string of the molecule is Nc1cnc(=O)n(Cc2ccco2)c1. The van der Waals surface area contributed by atoms with Crippen molar-refractivity contribution in [2.24, 2.45) is 0 Å². The molecular formula is C9H9N3O2. The molecular weight excluding hydrogens is 182 g/mol. The standard InChI is InChI=1S/C9H9N3O2/c10-7-4-11-9(13)12(5-7)6-8-2-1-3-14-8/h1-5H,6,10H2. The van der Waals surface area contributed by atoms with Gasteiger partial charge in [-0.25, -0.2) is 4.79 Å². The van der Waals surface area contributed by atoms with Crippen molar-refractivity contribution in [2.75, 3.05) is 5.73 Å². The van der Waals surface area contributed by atoms with Crippen molar-refractivity contribution >= 4 is 5.69 Å². The van der Waals surface area contributed by atoms with E-state index in [-0.39, 0.29) is 5.69 Å². The molecule has 2 N–H and O–H groups in total. The lowest BCUT2D eigenvalue weighted by Crippen LogP contribution is -2.22. The van der Waals surface area contributed by atoms with Gasteiger partial charge in [0.1, 0.15) is 5.76 Å². The lowest BCUT2D eigenvalue weighted by Gasteiger charge is -2.02. The van der Waals surface area contributed by atoms with Crippen LogP contribution in [-0.2, 0) is 6.54 Å². The first-order valence-corrected chi connectivity index (χ1v) is 4.10. The van der Waals surface area contributed by atoms with E-state index in [1.54, 1.807) is 18.4 Å². The van der Waals surface area contributed by atoms with Crippen molar-refractivity contribution in [3.05, 3.63) is 47.0 Å². The number of hydrogen-bond acceptors (Lipinski definition) is 4. The van der Waals surface area contributed by atoms with Gasteiger partial charge < -0.3 is 10.2 Å². The van der Waals surface area contributed by atoms with Crippen molar-refractivity contribution in [2.45, 2.75) is 6.54 Å². The van der Waals surface area contributed by atoms with Crippen LogP contribution in [0.1, 0.15) is 5.76 Å². The summed E-state index contributed by atoms with van der Waals surface area (Å²) in [6, 6.07) is 3.55. The summed E-state index contributed by atoms with van der Waals surface area (Å²) < 4.78 is 6.50. The van der Waals surface area contributed by atoms with E-state index in [1.165, 1.54) is 17.0 Å². The molecule has 2 rings (SSSR count). The average Bonchev–Trinajstić information content (AvgIpc) is 2.64. The number of rotatable bonds is 2. The Hall–Kier alpha value is -2.04. The molecule has 0 fully saturated rings. The second-order valence-corrected chi connectivity index (χ2v) is 2.88. The molecule has 0 amide bonds. The molecule has 0 aliphatic rings. The summed E-state index contributed by atoms with van der Waals surface area (Å²) in [5.74, 6) is 0.694. The molecule has 0 saturated carbocycles. The molecule has 0 spiro atoms. The zero-order valence-electron chi connectivity index (χ0n) is 7.38. The van der Waals surface area contributed by atoms with Gasteiger partial charge >= 0.3 is 5.69 Å². The van der Waals surface area contributed by atoms with E-state index in [0.29, 0.717) is 18.0 Å². The van der Waals surface area contributed by atoms with Crippen LogP contribution in [0.5, 0.6) is 0 Å². The van der Waals surface area contributed by atoms with Gasteiger partial charge in [-0.3, -0.25) is 4.57 Å². The lowest BCUT2D eigenvalue weighted by atomic mass is 10.4. The lowest BCUT2D eigenvalue weighted by molar-refractivity contribution is 0.487. The van der Waals surface area contributed by atoms with Gasteiger partial charge in [-0.15, -0.1) is 0 Å². The number of aromatic nitrogens is 2. The Labute approximate surface area is 79.8 Å². The molecule has 2 aromatic rings. The average molecular weight is 191 g/mol. The first-order chi connectivity index (χ1) is 6.75. The predicted molar refractivity (Wildman–Crippen MR) is 50.7 cm³/mol. The quantitative estimate of drug-likeness (QED) is 0.748. The summed E-state index contributed by atoms with van der Waals surface area (Å²) in [6.07, 6.45) is 4.43. The number of furan rings is 1. The molecule has 2 heterocycles. The number of nitrogens with two attached hydrogens (primary N) is 1. The minimum absolute atomic E-state index is 0.337. The van der Waals surface area contributed by atoms with Crippen LogP contribution < -0.4 is 11.4 Å². The van der Waals surface area contributed by atoms with Gasteiger partial charge in [-0.1, -0.05) is 0 Å². The highest BCUT2D eigenvalue weighted by Gasteiger charge is 2.00. The topological polar surface area (TPSA) is 74.0 Å². The first-order valence-electron chi connectivity index (χ1n) is 4.10. The predicted octanol–water partition coefficient (Wildman–Crippen LogP) is 0.467. The van der Waals surface area contributed by atoms with Crippen LogP contribution in [0.2, 0.25) is 0 Å². The Morgan fingerprint density at radius 1 is 1.57 bits per heavy atom. The summed E-state index contributed by atoms with van der Waals surface area (Å²) in [5, 5.41) is 0. The van der Waals surface area contributed by atoms with Gasteiger partial charge in [0.2, 0.25) is 0 Å². The molecule has 2 aromatic heterocycles. The Bertz CT molecular complexity index is 473. The van der Waals surface area contributed by atoms with Crippen LogP contribution in [0.15, 0.2) is 40.0 Å². The molecule has 0 atom stereocenters. The second-order valence-electron chi connectivity index (χ2n) is 2.88. The largest absolute Gasteiger partial charge is 0.467 e. The van der Waals surface area contributed by atoms with Crippen LogP contribution >= 0.6 is 0 Å². The maximum Gasteiger partial charge on any atom is 0.348 e. The fourth-order valence-electron chi connectivity index (χ4n) is 1.16. The van der Waals surface area contributed by atoms with E-state index in [2.05, 4.69) is 4.98 Å². The van der Waals surface area contributed by atoms with E-state index in [1.807, 2.05) is 0 Å². The molecule has 0 radical (unpaired) electrons. The normalized spacial score (nSPS) is 10.3. The molecule has 0 aliphatic heterocycles. The summed E-state index contributed by atoms with van der Waals surface area (Å²) >= 11 is 0. The van der Waals surface area contributed by atoms with Gasteiger partial charge in [0.15, 0.2) is 0 Å². The van der Waals surface area contributed by atoms with Gasteiger partial charge in [-0.05, 0) is 12.1 Å². The molecule has 0 aliphatic carbocycles. The fraction of sp³-hybridized carbons (Fsp3) is 0.111. The first kappa shape index (κ1) is 8.55. The summed E-state index contributed by atoms with van der Waals surface area (Å²) in [7, 11) is 0. The highest BCUT2D eigenvalue weighted by atomic mass is 16.3. The zero-order valence-corrected chi connectivity index (χ0v) is 7.38. The highest BCUT2D eigenvalue weighted by Crippen LogP contribution is 2.02. The highest BCUT2D eigenvalue weighted by molar-refractivity contribution is 5.30. The van der Waals surface area contributed by atoms with Crippen molar-refractivity contribution in [1.82, 2.24) is 9.55 Å². The molecule has 5 nitrogen and oxygen atoms in total. The maximum absolute atomic E-state index is 11.3. The third kappa shape index (κ3) is 1.66. The van der Waals surface area contributed by atoms with Crippen LogP contribution in [0.3, 0.4) is 0 Å². The Morgan fingerprint density at radius 3 is 3.14 bits per heavy atom. The van der Waals surface area contributed by atoms with Crippen molar-refractivity contribution in [3.8, 4) is 0 Å². The van der Waals surface area contributed by atoms with Crippen molar-refractivity contribution < 1.29 is 4.42 Å². The monoisotopic (exact) mass is 191 g/mol. The molecule has 72 valence electrons. The van der Waals surface area contributed by atoms with Crippen LogP contribution in [-0.4, -0.2) is 9.55 Å². The fourth-order valence-corrected chi connectivity index (χ4v) is 1.16. The van der Waals surface area contributed by atoms with Gasteiger partial charge in [-0.2, -0.15) is 4.98 Å². The van der Waals surface area contributed by atoms with E-state index in [4.69, 9.17) is 10.2 Å². The van der Waals surface area contributed by atoms with Crippen molar-refractivity contribution in [3.63, 3.8) is 0 Å². The molecule has 0 unspecified atom stereocenters. The molecule has 0 aromatic carbocycles. The van der Waals surface area contributed by atoms with E-state index in [0.717, 1.165) is 0 Å². The summed E-state index contributed by atoms with van der Waals surface area (Å²) in [5.41, 5.74) is 5.62. The molecule has 0 saturated heterocycles. The van der Waals surface area contributed by atoms with Crippen LogP contribution in [0.25, 0.3) is 0 Å². The van der Waals surface area contributed by atoms with E-state index < -0.39 is 0 Å². The van der Waals surface area contributed by atoms with Crippen LogP contribution in [0.4, 0.5) is 5.69 Å². The van der Waals surface area contributed by atoms with E-state index >= 15 is 0 Å². The Balaban J connectivity index is 2.33. The third-order valence-corrected chi connectivity index (χ3v) is 1.78. The smallest absolute Gasteiger partial charge is 0.348 e. The van der Waals surface area contributed by atoms with Crippen LogP contribution in [0, 0.1) is 0 Å². The molecule has 14 heavy (non-hydrogen) atoms. The number of anilines is 1. The van der Waals surface area contributed by atoms with E-state index in [9.17, 15) is 4.79 Å². The van der Waals surface area contributed by atoms with Gasteiger partial charge in [0.05, 0.1) is 24.7 Å². The maximum atomic E-state index is 11.3. The molecule has 0 bridgehead atoms. The summed E-state index contributed by atoms with van der Waals surface area (Å²) in [6.45, 7) is 0.351. The number of nitrogen functional groups attached to an aromatic ring is 1. The molecule has 5 heteroatoms. The van der Waals surface area contributed by atoms with Gasteiger partial charge in [0, 0.05) is 6.20 Å². The third-order valence-electron chi connectivity index (χ3n) is 1.78. The number of hydrogen-bond donors (Lipinski definition) is 1. The number of nitrogens with zero attached hydrogens (tertiary/aromatic N) is 2. The Kier molecular flexibility index (Phi) is 2.06. The van der Waals surface area contributed by atoms with Crippen molar-refractivity contribution in [1.29, 1.82) is 0 Å².